The number of aromatic nitrogens is 4. The van der Waals surface area contributed by atoms with E-state index in [4.69, 9.17) is 11.6 Å². The van der Waals surface area contributed by atoms with E-state index in [2.05, 4.69) is 20.4 Å². The van der Waals surface area contributed by atoms with E-state index in [1.165, 1.54) is 0 Å². The molecule has 0 saturated carbocycles. The summed E-state index contributed by atoms with van der Waals surface area (Å²) in [6.45, 7) is 0. The van der Waals surface area contributed by atoms with Crippen molar-refractivity contribution in [1.29, 1.82) is 0 Å². The number of imidazole rings is 1. The number of nitrogens with zero attached hydrogens (tertiary/aromatic N) is 3. The van der Waals surface area contributed by atoms with Gasteiger partial charge < -0.3 is 5.32 Å². The number of H-pyrrole nitrogens is 1. The van der Waals surface area contributed by atoms with E-state index < -0.39 is 0 Å². The maximum atomic E-state index is 5.96. The fourth-order valence-corrected chi connectivity index (χ4v) is 2.34. The van der Waals surface area contributed by atoms with Crippen LogP contribution in [0.3, 0.4) is 0 Å². The van der Waals surface area contributed by atoms with Gasteiger partial charge in [0.1, 0.15) is 0 Å². The fourth-order valence-electron chi connectivity index (χ4n) is 2.17. The summed E-state index contributed by atoms with van der Waals surface area (Å²) in [5, 5.41) is 7.04. The Morgan fingerprint density at radius 3 is 2.75 bits per heavy atom. The normalized spacial score (nSPS) is 11.2. The van der Waals surface area contributed by atoms with Crippen LogP contribution in [0.1, 0.15) is 0 Å². The number of aromatic amines is 1. The Balaban J connectivity index is 1.79. The smallest absolute Gasteiger partial charge is 0.253 e. The molecule has 2 N–H and O–H groups in total. The highest BCUT2D eigenvalue weighted by molar-refractivity contribution is 6.31. The maximum absolute atomic E-state index is 5.96. The van der Waals surface area contributed by atoms with Crippen molar-refractivity contribution in [1.82, 2.24) is 19.6 Å². The van der Waals surface area contributed by atoms with E-state index in [1.807, 2.05) is 53.0 Å². The highest BCUT2D eigenvalue weighted by atomic mass is 35.5. The molecule has 2 aromatic carbocycles. The van der Waals surface area contributed by atoms with Crippen LogP contribution < -0.4 is 5.32 Å². The summed E-state index contributed by atoms with van der Waals surface area (Å²) < 4.78 is 1.83. The van der Waals surface area contributed by atoms with Gasteiger partial charge in [-0.25, -0.2) is 9.50 Å². The lowest BCUT2D eigenvalue weighted by atomic mass is 10.3. The first-order valence-electron chi connectivity index (χ1n) is 6.15. The second kappa shape index (κ2) is 4.25. The predicted octanol–water partition coefficient (Wildman–Crippen LogP) is 3.61. The van der Waals surface area contributed by atoms with Crippen LogP contribution >= 0.6 is 11.6 Å². The van der Waals surface area contributed by atoms with Crippen molar-refractivity contribution in [2.24, 2.45) is 0 Å². The Kier molecular flexibility index (Phi) is 2.40. The molecule has 0 saturated heterocycles. The molecular weight excluding hydrogens is 274 g/mol. The van der Waals surface area contributed by atoms with Crippen molar-refractivity contribution in [3.63, 3.8) is 0 Å². The number of nitrogens with one attached hydrogen (secondary N) is 2. The van der Waals surface area contributed by atoms with Gasteiger partial charge >= 0.3 is 0 Å². The molecule has 4 aromatic rings. The molecule has 0 amide bonds. The Bertz CT molecular complexity index is 894. The minimum absolute atomic E-state index is 0.612. The predicted molar refractivity (Wildman–Crippen MR) is 79.6 cm³/mol. The molecule has 5 nitrogen and oxygen atoms in total. The minimum Gasteiger partial charge on any atom is -0.325 e. The molecule has 6 heteroatoms. The molecular formula is C14H10ClN5. The number of hydrogen-bond acceptors (Lipinski definition) is 3. The first-order valence-corrected chi connectivity index (χ1v) is 6.53. The second-order valence-corrected chi connectivity index (χ2v) is 4.88. The number of halogens is 1. The van der Waals surface area contributed by atoms with Crippen molar-refractivity contribution in [2.75, 3.05) is 5.32 Å². The lowest BCUT2D eigenvalue weighted by Crippen LogP contribution is -1.93. The van der Waals surface area contributed by atoms with E-state index in [1.54, 1.807) is 0 Å². The second-order valence-electron chi connectivity index (χ2n) is 4.44. The van der Waals surface area contributed by atoms with Gasteiger partial charge in [0.05, 0.1) is 11.0 Å². The van der Waals surface area contributed by atoms with Crippen molar-refractivity contribution < 1.29 is 0 Å². The van der Waals surface area contributed by atoms with Crippen LogP contribution in [0, 0.1) is 0 Å². The summed E-state index contributed by atoms with van der Waals surface area (Å²) >= 11 is 5.96. The van der Waals surface area contributed by atoms with Gasteiger partial charge in [0.25, 0.3) is 5.78 Å². The maximum Gasteiger partial charge on any atom is 0.253 e. The monoisotopic (exact) mass is 283 g/mol. The largest absolute Gasteiger partial charge is 0.325 e. The summed E-state index contributed by atoms with van der Waals surface area (Å²) in [7, 11) is 0. The Labute approximate surface area is 119 Å². The summed E-state index contributed by atoms with van der Waals surface area (Å²) in [6.07, 6.45) is 0. The van der Waals surface area contributed by atoms with Gasteiger partial charge in [-0.15, -0.1) is 0 Å². The molecule has 4 rings (SSSR count). The van der Waals surface area contributed by atoms with Gasteiger partial charge in [0.15, 0.2) is 0 Å². The average molecular weight is 284 g/mol. The van der Waals surface area contributed by atoms with Gasteiger partial charge in [0, 0.05) is 10.7 Å². The highest BCUT2D eigenvalue weighted by Gasteiger charge is 2.09. The third kappa shape index (κ3) is 1.80. The van der Waals surface area contributed by atoms with Crippen LogP contribution in [-0.4, -0.2) is 19.6 Å². The van der Waals surface area contributed by atoms with Gasteiger partial charge in [-0.2, -0.15) is 4.98 Å². The topological polar surface area (TPSA) is 58.0 Å². The number of benzene rings is 2. The van der Waals surface area contributed by atoms with Crippen LogP contribution in [0.4, 0.5) is 11.6 Å². The third-order valence-corrected chi connectivity index (χ3v) is 3.30. The van der Waals surface area contributed by atoms with E-state index in [0.717, 1.165) is 16.7 Å². The van der Waals surface area contributed by atoms with Gasteiger partial charge in [0.2, 0.25) is 5.95 Å². The first-order chi connectivity index (χ1) is 9.79. The van der Waals surface area contributed by atoms with Crippen LogP contribution in [0.2, 0.25) is 5.02 Å². The molecule has 0 spiro atoms. The zero-order chi connectivity index (χ0) is 13.5. The van der Waals surface area contributed by atoms with E-state index in [-0.39, 0.29) is 0 Å². The summed E-state index contributed by atoms with van der Waals surface area (Å²) in [4.78, 5) is 8.85. The molecule has 2 heterocycles. The van der Waals surface area contributed by atoms with Gasteiger partial charge in [-0.3, -0.25) is 5.10 Å². The Morgan fingerprint density at radius 2 is 1.90 bits per heavy atom. The lowest BCUT2D eigenvalue weighted by molar-refractivity contribution is 1.01. The van der Waals surface area contributed by atoms with Gasteiger partial charge in [-0.05, 0) is 30.3 Å². The standard InChI is InChI=1S/C14H10ClN5/c15-9-6-7-12-11(8-9)17-14-18-13(19-20(12)14)16-10-4-2-1-3-5-10/h1-8H,(H2,16,17,18,19). The molecule has 0 fully saturated rings. The minimum atomic E-state index is 0.612. The van der Waals surface area contributed by atoms with Crippen molar-refractivity contribution in [2.45, 2.75) is 0 Å². The Hall–Kier alpha value is -2.53. The molecule has 0 atom stereocenters. The highest BCUT2D eigenvalue weighted by Crippen LogP contribution is 2.21. The summed E-state index contributed by atoms with van der Waals surface area (Å²) in [6, 6.07) is 15.4. The SMILES string of the molecule is Clc1ccc2c(c1)nc1nc(Nc3ccccc3)[nH]n12. The molecule has 2 aromatic heterocycles. The molecule has 0 aliphatic carbocycles. The van der Waals surface area contributed by atoms with E-state index in [9.17, 15) is 0 Å². The fraction of sp³-hybridized carbons (Fsp3) is 0. The molecule has 0 radical (unpaired) electrons. The zero-order valence-electron chi connectivity index (χ0n) is 10.3. The van der Waals surface area contributed by atoms with Crippen LogP contribution in [-0.2, 0) is 0 Å². The number of hydrogen-bond donors (Lipinski definition) is 2. The molecule has 20 heavy (non-hydrogen) atoms. The molecule has 98 valence electrons. The number of fused-ring (bicyclic) bond motifs is 3. The third-order valence-electron chi connectivity index (χ3n) is 3.06. The van der Waals surface area contributed by atoms with Crippen molar-refractivity contribution >= 4 is 40.0 Å². The van der Waals surface area contributed by atoms with Crippen LogP contribution in [0.25, 0.3) is 16.8 Å². The van der Waals surface area contributed by atoms with Crippen molar-refractivity contribution in [3.05, 3.63) is 53.6 Å². The molecule has 0 bridgehead atoms. The lowest BCUT2D eigenvalue weighted by Gasteiger charge is -2.00. The van der Waals surface area contributed by atoms with Crippen LogP contribution in [0.15, 0.2) is 48.5 Å². The number of rotatable bonds is 2. The molecule has 0 unspecified atom stereocenters. The average Bonchev–Trinajstić information content (AvgIpc) is 2.96. The Morgan fingerprint density at radius 1 is 1.05 bits per heavy atom. The molecule has 0 aliphatic heterocycles. The van der Waals surface area contributed by atoms with Crippen LogP contribution in [0.5, 0.6) is 0 Å². The number of anilines is 2. The first kappa shape index (κ1) is 11.3. The quantitative estimate of drug-likeness (QED) is 0.591. The van der Waals surface area contributed by atoms with E-state index in [0.29, 0.717) is 16.7 Å². The summed E-state index contributed by atoms with van der Waals surface area (Å²) in [5.74, 6) is 1.26. The number of para-hydroxylation sites is 1. The van der Waals surface area contributed by atoms with Gasteiger partial charge in [-0.1, -0.05) is 29.8 Å². The van der Waals surface area contributed by atoms with E-state index >= 15 is 0 Å². The van der Waals surface area contributed by atoms with Crippen molar-refractivity contribution in [3.8, 4) is 0 Å². The zero-order valence-corrected chi connectivity index (χ0v) is 11.1. The molecule has 0 aliphatic rings. The summed E-state index contributed by atoms with van der Waals surface area (Å²) in [5.41, 5.74) is 2.73.